The van der Waals surface area contributed by atoms with E-state index in [2.05, 4.69) is 154 Å². The molecule has 5 aromatic carbocycles. The molecule has 0 aliphatic carbocycles. The Morgan fingerprint density at radius 2 is 1.30 bits per heavy atom. The third-order valence-corrected chi connectivity index (χ3v) is 9.11. The summed E-state index contributed by atoms with van der Waals surface area (Å²) in [5.41, 5.74) is 12.5. The molecule has 0 saturated heterocycles. The second kappa shape index (κ2) is 11.4. The fourth-order valence-corrected chi connectivity index (χ4v) is 6.79. The number of hydrogen-bond acceptors (Lipinski definition) is 3. The van der Waals surface area contributed by atoms with Crippen molar-refractivity contribution < 1.29 is 0 Å². The zero-order valence-electron chi connectivity index (χ0n) is 26.5. The summed E-state index contributed by atoms with van der Waals surface area (Å²) in [7, 11) is 0. The Labute approximate surface area is 271 Å². The predicted octanol–water partition coefficient (Wildman–Crippen LogP) is 10.7. The summed E-state index contributed by atoms with van der Waals surface area (Å²) in [4.78, 5) is 5.33. The minimum absolute atomic E-state index is 0.107. The van der Waals surface area contributed by atoms with Gasteiger partial charge in [0.1, 0.15) is 0 Å². The van der Waals surface area contributed by atoms with Crippen LogP contribution in [0.4, 0.5) is 11.4 Å². The number of fused-ring (bicyclic) bond motifs is 2. The quantitative estimate of drug-likeness (QED) is 0.188. The van der Waals surface area contributed by atoms with E-state index in [0.717, 1.165) is 39.5 Å². The second-order valence-electron chi connectivity index (χ2n) is 13.0. The molecule has 0 unspecified atom stereocenters. The number of nitrogens with one attached hydrogen (secondary N) is 2. The van der Waals surface area contributed by atoms with Crippen molar-refractivity contribution in [3.8, 4) is 22.5 Å². The van der Waals surface area contributed by atoms with E-state index in [-0.39, 0.29) is 5.41 Å². The normalized spacial score (nSPS) is 13.2. The summed E-state index contributed by atoms with van der Waals surface area (Å²) in [5, 5.41) is 12.2. The number of anilines is 2. The van der Waals surface area contributed by atoms with Gasteiger partial charge in [0.25, 0.3) is 0 Å². The summed E-state index contributed by atoms with van der Waals surface area (Å²) in [6.07, 6.45) is 1.58. The number of aromatic nitrogens is 1. The van der Waals surface area contributed by atoms with E-state index >= 15 is 0 Å². The third kappa shape index (κ3) is 4.85. The van der Waals surface area contributed by atoms with Gasteiger partial charge in [-0.25, -0.2) is 4.98 Å². The lowest BCUT2D eigenvalue weighted by Gasteiger charge is -2.43. The third-order valence-electron chi connectivity index (χ3n) is 9.11. The van der Waals surface area contributed by atoms with E-state index in [4.69, 9.17) is 10.4 Å². The second-order valence-corrected chi connectivity index (χ2v) is 13.0. The van der Waals surface area contributed by atoms with Crippen LogP contribution in [0.2, 0.25) is 0 Å². The summed E-state index contributed by atoms with van der Waals surface area (Å²) in [6, 6.07) is 49.5. The molecule has 7 rings (SSSR count). The topological polar surface area (TPSA) is 48.8 Å². The molecular formula is C43H37N3. The SMILES string of the molecule is C=CC(=N)c1cccc(-c2cc(C(C)(C)C)cc(-c3cccc4c3Nc3ccccc3C4(c3ccccc3)c3ccccc3)n2)c1. The number of para-hydroxylation sites is 2. The summed E-state index contributed by atoms with van der Waals surface area (Å²) >= 11 is 0. The van der Waals surface area contributed by atoms with Crippen molar-refractivity contribution in [1.29, 1.82) is 5.41 Å². The number of rotatable bonds is 6. The molecule has 224 valence electrons. The van der Waals surface area contributed by atoms with Crippen molar-refractivity contribution in [2.75, 3.05) is 5.32 Å². The molecule has 0 radical (unpaired) electrons. The molecule has 1 aromatic heterocycles. The van der Waals surface area contributed by atoms with Gasteiger partial charge in [-0.1, -0.05) is 143 Å². The van der Waals surface area contributed by atoms with Crippen LogP contribution >= 0.6 is 0 Å². The Kier molecular flexibility index (Phi) is 7.25. The maximum atomic E-state index is 8.35. The highest BCUT2D eigenvalue weighted by molar-refractivity contribution is 6.06. The van der Waals surface area contributed by atoms with Gasteiger partial charge >= 0.3 is 0 Å². The monoisotopic (exact) mass is 595 g/mol. The average molecular weight is 596 g/mol. The summed E-state index contributed by atoms with van der Waals surface area (Å²) in [5.74, 6) is 0. The fourth-order valence-electron chi connectivity index (χ4n) is 6.79. The average Bonchev–Trinajstić information content (AvgIpc) is 3.10. The first-order chi connectivity index (χ1) is 22.3. The number of pyridine rings is 1. The highest BCUT2D eigenvalue weighted by Gasteiger charge is 2.44. The molecule has 2 N–H and O–H groups in total. The van der Waals surface area contributed by atoms with Gasteiger partial charge in [-0.05, 0) is 63.6 Å². The maximum Gasteiger partial charge on any atom is 0.0742 e. The van der Waals surface area contributed by atoms with Gasteiger partial charge in [0.05, 0.1) is 28.2 Å². The lowest BCUT2D eigenvalue weighted by Crippen LogP contribution is -2.35. The van der Waals surface area contributed by atoms with Gasteiger partial charge in [-0.15, -0.1) is 0 Å². The summed E-state index contributed by atoms with van der Waals surface area (Å²) in [6.45, 7) is 10.5. The summed E-state index contributed by atoms with van der Waals surface area (Å²) < 4.78 is 0. The Hall–Kier alpha value is -5.54. The van der Waals surface area contributed by atoms with Gasteiger partial charge in [-0.3, -0.25) is 0 Å². The molecule has 1 aliphatic heterocycles. The zero-order chi connectivity index (χ0) is 31.9. The fraction of sp³-hybridized carbons (Fsp3) is 0.116. The zero-order valence-corrected chi connectivity index (χ0v) is 26.5. The van der Waals surface area contributed by atoms with Crippen molar-refractivity contribution in [3.63, 3.8) is 0 Å². The van der Waals surface area contributed by atoms with Crippen molar-refractivity contribution >= 4 is 17.1 Å². The van der Waals surface area contributed by atoms with E-state index in [1.807, 2.05) is 18.2 Å². The Morgan fingerprint density at radius 1 is 0.696 bits per heavy atom. The van der Waals surface area contributed by atoms with E-state index in [0.29, 0.717) is 5.71 Å². The van der Waals surface area contributed by atoms with Gasteiger partial charge in [0.2, 0.25) is 0 Å². The minimum Gasteiger partial charge on any atom is -0.354 e. The van der Waals surface area contributed by atoms with Crippen LogP contribution in [-0.4, -0.2) is 10.7 Å². The van der Waals surface area contributed by atoms with Crippen LogP contribution in [0.3, 0.4) is 0 Å². The molecule has 0 bridgehead atoms. The molecule has 0 saturated carbocycles. The van der Waals surface area contributed by atoms with Crippen LogP contribution in [-0.2, 0) is 10.8 Å². The molecule has 46 heavy (non-hydrogen) atoms. The molecular weight excluding hydrogens is 558 g/mol. The van der Waals surface area contributed by atoms with Crippen LogP contribution in [0.1, 0.15) is 54.2 Å². The molecule has 3 nitrogen and oxygen atoms in total. The molecule has 0 spiro atoms. The largest absolute Gasteiger partial charge is 0.354 e. The number of benzene rings is 5. The molecule has 1 aliphatic rings. The molecule has 0 amide bonds. The molecule has 0 fully saturated rings. The van der Waals surface area contributed by atoms with Crippen LogP contribution in [0, 0.1) is 5.41 Å². The van der Waals surface area contributed by atoms with Crippen LogP contribution < -0.4 is 5.32 Å². The standard InChI is InChI=1S/C43H37N3/c1-5-37(44)29-16-14-17-30(26-29)39-27-33(42(2,3)4)28-40(45-39)34-22-15-24-36-41(34)46-38-25-13-12-23-35(38)43(36,31-18-8-6-9-19-31)32-20-10-7-11-21-32/h5-28,44,46H,1H2,2-4H3. The smallest absolute Gasteiger partial charge is 0.0742 e. The first-order valence-electron chi connectivity index (χ1n) is 15.8. The van der Waals surface area contributed by atoms with Crippen LogP contribution in [0.5, 0.6) is 0 Å². The van der Waals surface area contributed by atoms with Gasteiger partial charge in [0, 0.05) is 22.4 Å². The van der Waals surface area contributed by atoms with E-state index in [9.17, 15) is 0 Å². The van der Waals surface area contributed by atoms with Crippen molar-refractivity contribution in [2.24, 2.45) is 0 Å². The number of hydrogen-bond donors (Lipinski definition) is 2. The van der Waals surface area contributed by atoms with Crippen molar-refractivity contribution in [2.45, 2.75) is 31.6 Å². The Morgan fingerprint density at radius 3 is 1.98 bits per heavy atom. The van der Waals surface area contributed by atoms with E-state index < -0.39 is 5.41 Å². The first-order valence-corrected chi connectivity index (χ1v) is 15.8. The molecule has 0 atom stereocenters. The van der Waals surface area contributed by atoms with Gasteiger partial charge < -0.3 is 10.7 Å². The molecule has 6 aromatic rings. The number of nitrogens with zero attached hydrogens (tertiary/aromatic N) is 1. The lowest BCUT2D eigenvalue weighted by atomic mass is 9.62. The highest BCUT2D eigenvalue weighted by Crippen LogP contribution is 2.55. The van der Waals surface area contributed by atoms with E-state index in [1.165, 1.54) is 27.8 Å². The number of allylic oxidation sites excluding steroid dienone is 1. The van der Waals surface area contributed by atoms with Crippen molar-refractivity contribution in [3.05, 3.63) is 186 Å². The highest BCUT2D eigenvalue weighted by atomic mass is 14.9. The molecule has 3 heteroatoms. The lowest BCUT2D eigenvalue weighted by molar-refractivity contribution is 0.590. The predicted molar refractivity (Wildman–Crippen MR) is 192 cm³/mol. The first kappa shape index (κ1) is 29.2. The van der Waals surface area contributed by atoms with E-state index in [1.54, 1.807) is 6.08 Å². The maximum absolute atomic E-state index is 8.35. The van der Waals surface area contributed by atoms with Crippen LogP contribution in [0.25, 0.3) is 22.5 Å². The molecule has 2 heterocycles. The van der Waals surface area contributed by atoms with Crippen LogP contribution in [0.15, 0.2) is 152 Å². The van der Waals surface area contributed by atoms with Crippen molar-refractivity contribution in [1.82, 2.24) is 4.98 Å². The Bertz CT molecular complexity index is 2050. The van der Waals surface area contributed by atoms with Gasteiger partial charge in [0.15, 0.2) is 0 Å². The van der Waals surface area contributed by atoms with Gasteiger partial charge in [-0.2, -0.15) is 0 Å². The Balaban J connectivity index is 1.53. The minimum atomic E-state index is -0.542.